The van der Waals surface area contributed by atoms with E-state index in [1.807, 2.05) is 24.3 Å². The monoisotopic (exact) mass is 339 g/mol. The minimum absolute atomic E-state index is 0.0632. The number of H-pyrrole nitrogens is 1. The number of rotatable bonds is 3. The van der Waals surface area contributed by atoms with E-state index in [0.29, 0.717) is 18.1 Å². The molecule has 0 atom stereocenters. The summed E-state index contributed by atoms with van der Waals surface area (Å²) in [7, 11) is 0. The first-order valence-electron chi connectivity index (χ1n) is 8.19. The summed E-state index contributed by atoms with van der Waals surface area (Å²) in [6.07, 6.45) is 0.310. The third kappa shape index (κ3) is 3.45. The molecule has 0 unspecified atom stereocenters. The highest BCUT2D eigenvalue weighted by atomic mass is 16.1. The molecule has 0 bridgehead atoms. The number of aromatic amines is 1. The van der Waals surface area contributed by atoms with Gasteiger partial charge in [-0.05, 0) is 11.0 Å². The average Bonchev–Trinajstić information content (AvgIpc) is 2.98. The van der Waals surface area contributed by atoms with Crippen LogP contribution in [0.5, 0.6) is 0 Å². The summed E-state index contributed by atoms with van der Waals surface area (Å²) in [6.45, 7) is 8.19. The highest BCUT2D eigenvalue weighted by molar-refractivity contribution is 5.89. The Balaban J connectivity index is 2.05. The topological polar surface area (TPSA) is 92.1 Å². The van der Waals surface area contributed by atoms with Crippen molar-refractivity contribution in [3.63, 3.8) is 0 Å². The normalized spacial score (nSPS) is 11.7. The predicted molar refractivity (Wildman–Crippen MR) is 96.7 cm³/mol. The van der Waals surface area contributed by atoms with Crippen LogP contribution < -0.4 is 10.9 Å². The number of fused-ring (bicyclic) bond motifs is 1. The maximum absolute atomic E-state index is 11.8. The Hall–Kier alpha value is -2.96. The molecular formula is C18H21N5O2. The molecule has 7 heteroatoms. The number of carbonyl (C=O) groups excluding carboxylic acids is 1. The Labute approximate surface area is 145 Å². The van der Waals surface area contributed by atoms with Crippen molar-refractivity contribution < 1.29 is 4.79 Å². The lowest BCUT2D eigenvalue weighted by Gasteiger charge is -2.18. The Morgan fingerprint density at radius 3 is 2.52 bits per heavy atom. The van der Waals surface area contributed by atoms with Crippen LogP contribution in [0.25, 0.3) is 17.2 Å². The van der Waals surface area contributed by atoms with Gasteiger partial charge in [0, 0.05) is 18.1 Å². The second kappa shape index (κ2) is 6.16. The van der Waals surface area contributed by atoms with Gasteiger partial charge in [-0.3, -0.25) is 14.6 Å². The van der Waals surface area contributed by atoms with Gasteiger partial charge in [0.25, 0.3) is 5.56 Å². The van der Waals surface area contributed by atoms with E-state index in [1.54, 1.807) is 6.92 Å². The maximum atomic E-state index is 11.8. The molecule has 3 rings (SSSR count). The summed E-state index contributed by atoms with van der Waals surface area (Å²) >= 11 is 0. The molecule has 1 amide bonds. The van der Waals surface area contributed by atoms with Crippen LogP contribution in [0.4, 0.5) is 5.82 Å². The highest BCUT2D eigenvalue weighted by Gasteiger charge is 2.15. The number of nitrogens with one attached hydrogen (secondary N) is 2. The van der Waals surface area contributed by atoms with E-state index < -0.39 is 0 Å². The molecule has 0 fully saturated rings. The van der Waals surface area contributed by atoms with Crippen LogP contribution in [0, 0.1) is 0 Å². The maximum Gasteiger partial charge on any atom is 0.254 e. The van der Waals surface area contributed by atoms with E-state index in [4.69, 9.17) is 0 Å². The van der Waals surface area contributed by atoms with Crippen molar-refractivity contribution in [3.05, 3.63) is 46.2 Å². The van der Waals surface area contributed by atoms with Crippen molar-refractivity contribution >= 4 is 17.5 Å². The fourth-order valence-electron chi connectivity index (χ4n) is 2.45. The van der Waals surface area contributed by atoms with Gasteiger partial charge in [-0.2, -0.15) is 9.50 Å². The molecule has 1 aromatic carbocycles. The summed E-state index contributed by atoms with van der Waals surface area (Å²) in [5.74, 6) is 0.872. The standard InChI is InChI=1S/C18H21N5O2/c1-5-14(24)19-13-10-15(25)20-17-21-16(22-23(13)17)11-6-8-12(9-7-11)18(2,3)4/h6-10H,5H2,1-4H3,(H,19,24)(H,20,21,22,25). The van der Waals surface area contributed by atoms with E-state index in [2.05, 4.69) is 41.2 Å². The summed E-state index contributed by atoms with van der Waals surface area (Å²) in [4.78, 5) is 30.5. The van der Waals surface area contributed by atoms with Crippen LogP contribution in [0.3, 0.4) is 0 Å². The van der Waals surface area contributed by atoms with E-state index in [-0.39, 0.29) is 22.7 Å². The molecule has 2 aromatic heterocycles. The third-order valence-corrected chi connectivity index (χ3v) is 3.94. The molecule has 7 nitrogen and oxygen atoms in total. The number of hydrogen-bond donors (Lipinski definition) is 2. The molecule has 0 saturated carbocycles. The first kappa shape index (κ1) is 16.9. The molecule has 0 spiro atoms. The molecule has 25 heavy (non-hydrogen) atoms. The number of benzene rings is 1. The van der Waals surface area contributed by atoms with Gasteiger partial charge in [0.15, 0.2) is 5.82 Å². The van der Waals surface area contributed by atoms with Gasteiger partial charge in [-0.15, -0.1) is 5.10 Å². The number of hydrogen-bond acceptors (Lipinski definition) is 4. The van der Waals surface area contributed by atoms with Crippen molar-refractivity contribution in [2.45, 2.75) is 39.5 Å². The summed E-state index contributed by atoms with van der Waals surface area (Å²) < 4.78 is 1.43. The van der Waals surface area contributed by atoms with Crippen molar-refractivity contribution in [1.29, 1.82) is 0 Å². The molecule has 2 N–H and O–H groups in total. The highest BCUT2D eigenvalue weighted by Crippen LogP contribution is 2.25. The van der Waals surface area contributed by atoms with Gasteiger partial charge in [0.2, 0.25) is 11.7 Å². The van der Waals surface area contributed by atoms with Crippen LogP contribution in [0.2, 0.25) is 0 Å². The Kier molecular flexibility index (Phi) is 4.16. The Morgan fingerprint density at radius 1 is 1.24 bits per heavy atom. The molecule has 130 valence electrons. The fourth-order valence-corrected chi connectivity index (χ4v) is 2.45. The first-order chi connectivity index (χ1) is 11.8. The fraction of sp³-hybridized carbons (Fsp3) is 0.333. The number of amides is 1. The van der Waals surface area contributed by atoms with Gasteiger partial charge in [-0.1, -0.05) is 52.0 Å². The molecule has 0 aliphatic rings. The van der Waals surface area contributed by atoms with E-state index in [9.17, 15) is 9.59 Å². The summed E-state index contributed by atoms with van der Waals surface area (Å²) in [5, 5.41) is 7.09. The molecule has 2 heterocycles. The van der Waals surface area contributed by atoms with Crippen molar-refractivity contribution in [2.24, 2.45) is 0 Å². The second-order valence-electron chi connectivity index (χ2n) is 6.92. The molecule has 0 aliphatic carbocycles. The SMILES string of the molecule is CCC(=O)Nc1cc(=O)[nH]c2nc(-c3ccc(C(C)(C)C)cc3)nn12. The molecule has 0 saturated heterocycles. The summed E-state index contributed by atoms with van der Waals surface area (Å²) in [6, 6.07) is 9.30. The molecule has 0 radical (unpaired) electrons. The number of nitrogens with zero attached hydrogens (tertiary/aromatic N) is 3. The van der Waals surface area contributed by atoms with Gasteiger partial charge in [0.05, 0.1) is 0 Å². The lowest BCUT2D eigenvalue weighted by Crippen LogP contribution is -2.17. The molecule has 3 aromatic rings. The van der Waals surface area contributed by atoms with Crippen LogP contribution in [0.15, 0.2) is 35.1 Å². The Morgan fingerprint density at radius 2 is 1.92 bits per heavy atom. The van der Waals surface area contributed by atoms with Gasteiger partial charge >= 0.3 is 0 Å². The first-order valence-corrected chi connectivity index (χ1v) is 8.19. The number of aromatic nitrogens is 4. The summed E-state index contributed by atoms with van der Waals surface area (Å²) in [5.41, 5.74) is 1.77. The van der Waals surface area contributed by atoms with E-state index in [0.717, 1.165) is 5.56 Å². The van der Waals surface area contributed by atoms with E-state index >= 15 is 0 Å². The lowest BCUT2D eigenvalue weighted by molar-refractivity contribution is -0.115. The zero-order chi connectivity index (χ0) is 18.2. The number of anilines is 1. The van der Waals surface area contributed by atoms with Crippen molar-refractivity contribution in [3.8, 4) is 11.4 Å². The molecule has 0 aliphatic heterocycles. The smallest absolute Gasteiger partial charge is 0.254 e. The minimum Gasteiger partial charge on any atom is -0.310 e. The van der Waals surface area contributed by atoms with Crippen molar-refractivity contribution in [1.82, 2.24) is 19.6 Å². The van der Waals surface area contributed by atoms with E-state index in [1.165, 1.54) is 16.1 Å². The lowest BCUT2D eigenvalue weighted by atomic mass is 9.87. The molecular weight excluding hydrogens is 318 g/mol. The predicted octanol–water partition coefficient (Wildman–Crippen LogP) is 2.73. The second-order valence-corrected chi connectivity index (χ2v) is 6.92. The number of carbonyl (C=O) groups is 1. The van der Waals surface area contributed by atoms with Crippen LogP contribution in [-0.2, 0) is 10.2 Å². The Bertz CT molecular complexity index is 977. The van der Waals surface area contributed by atoms with Gasteiger partial charge < -0.3 is 5.32 Å². The van der Waals surface area contributed by atoms with Crippen LogP contribution in [-0.4, -0.2) is 25.5 Å². The zero-order valence-corrected chi connectivity index (χ0v) is 14.8. The van der Waals surface area contributed by atoms with Crippen molar-refractivity contribution in [2.75, 3.05) is 5.32 Å². The van der Waals surface area contributed by atoms with Crippen LogP contribution >= 0.6 is 0 Å². The largest absolute Gasteiger partial charge is 0.310 e. The van der Waals surface area contributed by atoms with Gasteiger partial charge in [0.1, 0.15) is 5.82 Å². The van der Waals surface area contributed by atoms with Crippen LogP contribution in [0.1, 0.15) is 39.7 Å². The minimum atomic E-state index is -0.346. The quantitative estimate of drug-likeness (QED) is 0.767. The third-order valence-electron chi connectivity index (χ3n) is 3.94. The average molecular weight is 339 g/mol. The van der Waals surface area contributed by atoms with Gasteiger partial charge in [-0.25, -0.2) is 0 Å². The zero-order valence-electron chi connectivity index (χ0n) is 14.8.